The van der Waals surface area contributed by atoms with Crippen molar-refractivity contribution in [1.82, 2.24) is 15.2 Å². The van der Waals surface area contributed by atoms with Gasteiger partial charge < -0.3 is 15.3 Å². The second-order valence-corrected chi connectivity index (χ2v) is 5.50. The molecule has 2 heterocycles. The maximum absolute atomic E-state index is 11.8. The molecule has 0 spiro atoms. The van der Waals surface area contributed by atoms with Gasteiger partial charge in [0.05, 0.1) is 17.1 Å². The van der Waals surface area contributed by atoms with E-state index in [9.17, 15) is 9.59 Å². The zero-order valence-corrected chi connectivity index (χ0v) is 11.2. The molecule has 1 aliphatic heterocycles. The van der Waals surface area contributed by atoms with Gasteiger partial charge in [-0.05, 0) is 0 Å². The number of hydrogen-bond donors (Lipinski definition) is 2. The van der Waals surface area contributed by atoms with Gasteiger partial charge in [-0.25, -0.2) is 14.6 Å². The van der Waals surface area contributed by atoms with E-state index in [2.05, 4.69) is 10.3 Å². The minimum absolute atomic E-state index is 0.317. The van der Waals surface area contributed by atoms with Gasteiger partial charge in [0.1, 0.15) is 6.04 Å². The number of thioether (sulfide) groups is 1. The smallest absolute Gasteiger partial charge is 0.327 e. The zero-order valence-electron chi connectivity index (χ0n) is 9.54. The van der Waals surface area contributed by atoms with Crippen molar-refractivity contribution in [3.8, 4) is 0 Å². The van der Waals surface area contributed by atoms with Crippen molar-refractivity contribution < 1.29 is 14.7 Å². The summed E-state index contributed by atoms with van der Waals surface area (Å²) in [6.45, 7) is 0.468. The average molecular weight is 287 g/mol. The molecule has 2 rings (SSSR count). The summed E-state index contributed by atoms with van der Waals surface area (Å²) in [7, 11) is 0. The molecule has 2 N–H and O–H groups in total. The van der Waals surface area contributed by atoms with Crippen LogP contribution in [-0.4, -0.2) is 51.2 Å². The van der Waals surface area contributed by atoms with Crippen LogP contribution in [0.1, 0.15) is 5.69 Å². The van der Waals surface area contributed by atoms with Crippen LogP contribution in [0.25, 0.3) is 0 Å². The highest BCUT2D eigenvalue weighted by atomic mass is 32.2. The van der Waals surface area contributed by atoms with E-state index in [-0.39, 0.29) is 6.03 Å². The molecule has 1 aromatic heterocycles. The van der Waals surface area contributed by atoms with E-state index in [1.165, 1.54) is 28.0 Å². The zero-order chi connectivity index (χ0) is 13.0. The second-order valence-electron chi connectivity index (χ2n) is 3.79. The minimum Gasteiger partial charge on any atom is -0.480 e. The molecule has 0 unspecified atom stereocenters. The summed E-state index contributed by atoms with van der Waals surface area (Å²) in [5.41, 5.74) is 2.68. The number of carbonyl (C=O) groups is 2. The standard InChI is InChI=1S/C10H13N3O3S2/c14-9(15)8-4-18-6-13(8)10(16)11-2-1-7-3-17-5-12-7/h3,5,8H,1-2,4,6H2,(H,11,16)(H,14,15)/t8-/m0/s1. The number of carbonyl (C=O) groups excluding carboxylic acids is 1. The van der Waals surface area contributed by atoms with Crippen molar-refractivity contribution >= 4 is 35.1 Å². The topological polar surface area (TPSA) is 82.5 Å². The Morgan fingerprint density at radius 1 is 1.61 bits per heavy atom. The first-order valence-electron chi connectivity index (χ1n) is 5.40. The largest absolute Gasteiger partial charge is 0.480 e. The van der Waals surface area contributed by atoms with Gasteiger partial charge in [0.15, 0.2) is 0 Å². The molecule has 2 amide bonds. The summed E-state index contributed by atoms with van der Waals surface area (Å²) in [4.78, 5) is 28.2. The van der Waals surface area contributed by atoms with Gasteiger partial charge in [-0.3, -0.25) is 0 Å². The normalized spacial score (nSPS) is 18.9. The number of nitrogens with zero attached hydrogens (tertiary/aromatic N) is 2. The number of aromatic nitrogens is 1. The summed E-state index contributed by atoms with van der Waals surface area (Å²) in [6, 6.07) is -1.03. The number of rotatable bonds is 4. The number of nitrogens with one attached hydrogen (secondary N) is 1. The molecule has 1 saturated heterocycles. The highest BCUT2D eigenvalue weighted by Gasteiger charge is 2.34. The van der Waals surface area contributed by atoms with E-state index in [1.807, 2.05) is 5.38 Å². The lowest BCUT2D eigenvalue weighted by Crippen LogP contribution is -2.47. The lowest BCUT2D eigenvalue weighted by atomic mass is 10.3. The van der Waals surface area contributed by atoms with Gasteiger partial charge in [-0.2, -0.15) is 0 Å². The van der Waals surface area contributed by atoms with Crippen molar-refractivity contribution in [3.63, 3.8) is 0 Å². The first kappa shape index (κ1) is 13.2. The Kier molecular flexibility index (Phi) is 4.43. The van der Waals surface area contributed by atoms with Crippen molar-refractivity contribution in [2.24, 2.45) is 0 Å². The van der Waals surface area contributed by atoms with E-state index < -0.39 is 12.0 Å². The maximum atomic E-state index is 11.8. The lowest BCUT2D eigenvalue weighted by Gasteiger charge is -2.20. The van der Waals surface area contributed by atoms with Crippen LogP contribution in [0.4, 0.5) is 4.79 Å². The van der Waals surface area contributed by atoms with Crippen molar-refractivity contribution in [3.05, 3.63) is 16.6 Å². The Morgan fingerprint density at radius 3 is 3.11 bits per heavy atom. The van der Waals surface area contributed by atoms with E-state index in [0.29, 0.717) is 24.6 Å². The third kappa shape index (κ3) is 3.14. The molecule has 1 fully saturated rings. The Labute approximate surface area is 112 Å². The number of urea groups is 1. The molecule has 0 aliphatic carbocycles. The van der Waals surface area contributed by atoms with Crippen molar-refractivity contribution in [2.75, 3.05) is 18.2 Å². The van der Waals surface area contributed by atoms with Crippen LogP contribution in [0, 0.1) is 0 Å². The van der Waals surface area contributed by atoms with Crippen LogP contribution in [0.2, 0.25) is 0 Å². The number of hydrogen-bond acceptors (Lipinski definition) is 5. The lowest BCUT2D eigenvalue weighted by molar-refractivity contribution is -0.140. The molecule has 1 aliphatic rings. The molecule has 0 saturated carbocycles. The van der Waals surface area contributed by atoms with Crippen LogP contribution in [-0.2, 0) is 11.2 Å². The van der Waals surface area contributed by atoms with Gasteiger partial charge in [-0.15, -0.1) is 23.1 Å². The minimum atomic E-state index is -0.949. The number of thiazole rings is 1. The SMILES string of the molecule is O=C(O)[C@@H]1CSCN1C(=O)NCCc1cscn1. The Balaban J connectivity index is 1.79. The van der Waals surface area contributed by atoms with E-state index in [1.54, 1.807) is 5.51 Å². The van der Waals surface area contributed by atoms with Crippen LogP contribution in [0.3, 0.4) is 0 Å². The number of carboxylic acid groups (broad SMARTS) is 1. The Bertz CT molecular complexity index is 424. The van der Waals surface area contributed by atoms with Gasteiger partial charge in [-0.1, -0.05) is 0 Å². The molecule has 0 aromatic carbocycles. The molecule has 0 radical (unpaired) electrons. The summed E-state index contributed by atoms with van der Waals surface area (Å²) in [5.74, 6) is -0.0661. The third-order valence-corrected chi connectivity index (χ3v) is 4.22. The Morgan fingerprint density at radius 2 is 2.44 bits per heavy atom. The molecule has 1 aromatic rings. The number of carboxylic acids is 1. The van der Waals surface area contributed by atoms with Gasteiger partial charge >= 0.3 is 12.0 Å². The predicted molar refractivity (Wildman–Crippen MR) is 69.8 cm³/mol. The first-order valence-corrected chi connectivity index (χ1v) is 7.50. The van der Waals surface area contributed by atoms with Crippen molar-refractivity contribution in [2.45, 2.75) is 12.5 Å². The summed E-state index contributed by atoms with van der Waals surface area (Å²) < 4.78 is 0. The molecule has 98 valence electrons. The fourth-order valence-electron chi connectivity index (χ4n) is 1.61. The summed E-state index contributed by atoms with van der Waals surface area (Å²) in [6.07, 6.45) is 0.661. The molecule has 6 nitrogen and oxygen atoms in total. The highest BCUT2D eigenvalue weighted by molar-refractivity contribution is 7.99. The summed E-state index contributed by atoms with van der Waals surface area (Å²) in [5, 5.41) is 13.6. The van der Waals surface area contributed by atoms with E-state index in [0.717, 1.165) is 5.69 Å². The summed E-state index contributed by atoms with van der Waals surface area (Å²) >= 11 is 2.96. The maximum Gasteiger partial charge on any atom is 0.327 e. The number of amides is 2. The van der Waals surface area contributed by atoms with Crippen LogP contribution < -0.4 is 5.32 Å². The number of aliphatic carboxylic acids is 1. The van der Waals surface area contributed by atoms with E-state index >= 15 is 0 Å². The predicted octanol–water partition coefficient (Wildman–Crippen LogP) is 0.855. The monoisotopic (exact) mass is 287 g/mol. The van der Waals surface area contributed by atoms with Gasteiger partial charge in [0.25, 0.3) is 0 Å². The average Bonchev–Trinajstić information content (AvgIpc) is 2.99. The quantitative estimate of drug-likeness (QED) is 0.858. The van der Waals surface area contributed by atoms with Crippen molar-refractivity contribution in [1.29, 1.82) is 0 Å². The fourth-order valence-corrected chi connectivity index (χ4v) is 3.35. The molecule has 0 bridgehead atoms. The first-order chi connectivity index (χ1) is 8.68. The van der Waals surface area contributed by atoms with Crippen LogP contribution in [0.15, 0.2) is 10.9 Å². The highest BCUT2D eigenvalue weighted by Crippen LogP contribution is 2.20. The van der Waals surface area contributed by atoms with E-state index in [4.69, 9.17) is 5.11 Å². The Hall–Kier alpha value is -1.28. The fraction of sp³-hybridized carbons (Fsp3) is 0.500. The van der Waals surface area contributed by atoms with Crippen LogP contribution >= 0.6 is 23.1 Å². The second kappa shape index (κ2) is 6.05. The van der Waals surface area contributed by atoms with Crippen LogP contribution in [0.5, 0.6) is 0 Å². The van der Waals surface area contributed by atoms with Gasteiger partial charge in [0, 0.05) is 24.1 Å². The molecule has 1 atom stereocenters. The third-order valence-electron chi connectivity index (χ3n) is 2.57. The molecule has 8 heteroatoms. The molecule has 18 heavy (non-hydrogen) atoms. The van der Waals surface area contributed by atoms with Gasteiger partial charge in [0.2, 0.25) is 0 Å². The molecular formula is C10H13N3O3S2. The molecular weight excluding hydrogens is 274 g/mol.